The van der Waals surface area contributed by atoms with Crippen molar-refractivity contribution in [3.8, 4) is 0 Å². The van der Waals surface area contributed by atoms with Gasteiger partial charge in [-0.1, -0.05) is 30.3 Å². The number of carbonyl (C=O) groups is 3. The molecule has 0 saturated carbocycles. The SMILES string of the molecule is NC(=O)[C@H](CCCSCC(=O)C(F)(F)F)N(C(=O)c1cccnc1)C1CCN(Cc2ccccc2)CC1. The summed E-state index contributed by atoms with van der Waals surface area (Å²) in [6.45, 7) is 2.26. The van der Waals surface area contributed by atoms with Gasteiger partial charge in [-0.05, 0) is 49.1 Å². The average molecular weight is 537 g/mol. The summed E-state index contributed by atoms with van der Waals surface area (Å²) >= 11 is 0.853. The van der Waals surface area contributed by atoms with Crippen molar-refractivity contribution in [2.75, 3.05) is 24.6 Å². The fourth-order valence-corrected chi connectivity index (χ4v) is 5.31. The molecule has 1 aliphatic heterocycles. The van der Waals surface area contributed by atoms with Gasteiger partial charge in [0.25, 0.3) is 5.91 Å². The molecule has 2 N–H and O–H groups in total. The zero-order valence-corrected chi connectivity index (χ0v) is 21.2. The minimum Gasteiger partial charge on any atom is -0.368 e. The van der Waals surface area contributed by atoms with Crippen LogP contribution in [0.5, 0.6) is 0 Å². The number of halogens is 3. The molecule has 1 aromatic heterocycles. The molecule has 0 spiro atoms. The van der Waals surface area contributed by atoms with Gasteiger partial charge in [-0.3, -0.25) is 24.3 Å². The second-order valence-corrected chi connectivity index (χ2v) is 10.1. The van der Waals surface area contributed by atoms with Gasteiger partial charge in [-0.2, -0.15) is 24.9 Å². The van der Waals surface area contributed by atoms with E-state index in [-0.39, 0.29) is 24.1 Å². The zero-order valence-electron chi connectivity index (χ0n) is 20.4. The lowest BCUT2D eigenvalue weighted by Gasteiger charge is -2.41. The number of piperidine rings is 1. The van der Waals surface area contributed by atoms with E-state index in [9.17, 15) is 27.6 Å². The van der Waals surface area contributed by atoms with Gasteiger partial charge in [-0.15, -0.1) is 0 Å². The van der Waals surface area contributed by atoms with Gasteiger partial charge in [0.05, 0.1) is 11.3 Å². The molecule has 200 valence electrons. The number of carbonyl (C=O) groups excluding carboxylic acids is 3. The summed E-state index contributed by atoms with van der Waals surface area (Å²) < 4.78 is 37.3. The number of hydrogen-bond donors (Lipinski definition) is 1. The normalized spacial score (nSPS) is 15.8. The van der Waals surface area contributed by atoms with Gasteiger partial charge >= 0.3 is 6.18 Å². The molecule has 0 radical (unpaired) electrons. The molecule has 0 aliphatic carbocycles. The monoisotopic (exact) mass is 536 g/mol. The summed E-state index contributed by atoms with van der Waals surface area (Å²) in [5.74, 6) is -3.25. The third-order valence-electron chi connectivity index (χ3n) is 6.32. The van der Waals surface area contributed by atoms with Crippen LogP contribution in [0.15, 0.2) is 54.9 Å². The Kier molecular flexibility index (Phi) is 10.5. The first-order valence-electron chi connectivity index (χ1n) is 12.1. The maximum absolute atomic E-state index is 13.5. The van der Waals surface area contributed by atoms with Crippen LogP contribution in [0.25, 0.3) is 0 Å². The van der Waals surface area contributed by atoms with Crippen molar-refractivity contribution >= 4 is 29.4 Å². The maximum Gasteiger partial charge on any atom is 0.450 e. The number of primary amides is 1. The molecule has 1 aliphatic rings. The second kappa shape index (κ2) is 13.6. The Bertz CT molecular complexity index is 1030. The quantitative estimate of drug-likeness (QED) is 0.416. The molecule has 11 heteroatoms. The van der Waals surface area contributed by atoms with Gasteiger partial charge in [0, 0.05) is 38.1 Å². The molecule has 1 saturated heterocycles. The average Bonchev–Trinajstić information content (AvgIpc) is 2.88. The van der Waals surface area contributed by atoms with Gasteiger partial charge in [0.15, 0.2) is 0 Å². The molecular weight excluding hydrogens is 505 g/mol. The number of alkyl halides is 3. The molecule has 2 heterocycles. The van der Waals surface area contributed by atoms with Crippen LogP contribution < -0.4 is 5.73 Å². The van der Waals surface area contributed by atoms with Gasteiger partial charge < -0.3 is 10.6 Å². The lowest BCUT2D eigenvalue weighted by atomic mass is 9.97. The van der Waals surface area contributed by atoms with E-state index in [4.69, 9.17) is 5.73 Å². The molecule has 0 bridgehead atoms. The van der Waals surface area contributed by atoms with E-state index in [1.54, 1.807) is 23.2 Å². The standard InChI is InChI=1S/C26H31F3N4O3S/c27-26(28,29)23(34)18-37-15-5-9-22(24(30)35)33(25(36)20-8-4-12-31-16-20)21-10-13-32(14-11-21)17-19-6-2-1-3-7-19/h1-4,6-8,12,16,21-22H,5,9-11,13-15,17-18H2,(H2,30,35)/t22-/m0/s1. The highest BCUT2D eigenvalue weighted by Crippen LogP contribution is 2.25. The number of benzene rings is 1. The van der Waals surface area contributed by atoms with Crippen molar-refractivity contribution in [2.24, 2.45) is 5.73 Å². The molecule has 37 heavy (non-hydrogen) atoms. The minimum absolute atomic E-state index is 0.193. The zero-order chi connectivity index (χ0) is 26.8. The van der Waals surface area contributed by atoms with E-state index < -0.39 is 29.7 Å². The number of Topliss-reactive ketones (excluding diaryl/α,β-unsaturated/α-hetero) is 1. The van der Waals surface area contributed by atoms with Crippen molar-refractivity contribution in [3.63, 3.8) is 0 Å². The van der Waals surface area contributed by atoms with Crippen molar-refractivity contribution in [3.05, 3.63) is 66.0 Å². The van der Waals surface area contributed by atoms with Gasteiger partial charge in [-0.25, -0.2) is 0 Å². The number of nitrogens with zero attached hydrogens (tertiary/aromatic N) is 3. The predicted molar refractivity (Wildman–Crippen MR) is 136 cm³/mol. The molecule has 2 aromatic rings. The Labute approximate surface area is 218 Å². The first kappa shape index (κ1) is 28.6. The van der Waals surface area contributed by atoms with Gasteiger partial charge in [0.1, 0.15) is 6.04 Å². The number of rotatable bonds is 12. The third kappa shape index (κ3) is 8.57. The fourth-order valence-electron chi connectivity index (χ4n) is 4.44. The number of hydrogen-bond acceptors (Lipinski definition) is 6. The Hall–Kier alpha value is -2.92. The number of amides is 2. The highest BCUT2D eigenvalue weighted by atomic mass is 32.2. The largest absolute Gasteiger partial charge is 0.450 e. The Morgan fingerprint density at radius 1 is 1.11 bits per heavy atom. The fraction of sp³-hybridized carbons (Fsp3) is 0.462. The number of ketones is 1. The first-order valence-corrected chi connectivity index (χ1v) is 13.3. The van der Waals surface area contributed by atoms with E-state index in [0.29, 0.717) is 24.8 Å². The summed E-state index contributed by atoms with van der Waals surface area (Å²) in [6, 6.07) is 12.2. The number of pyridine rings is 1. The van der Waals surface area contributed by atoms with Gasteiger partial charge in [0.2, 0.25) is 11.7 Å². The van der Waals surface area contributed by atoms with Crippen LogP contribution in [0, 0.1) is 0 Å². The van der Waals surface area contributed by atoms with Crippen molar-refractivity contribution < 1.29 is 27.6 Å². The number of thioether (sulfide) groups is 1. The summed E-state index contributed by atoms with van der Waals surface area (Å²) in [5.41, 5.74) is 7.27. The van der Waals surface area contributed by atoms with Crippen LogP contribution in [0.2, 0.25) is 0 Å². The minimum atomic E-state index is -4.86. The number of aromatic nitrogens is 1. The van der Waals surface area contributed by atoms with E-state index in [1.807, 2.05) is 18.2 Å². The van der Waals surface area contributed by atoms with E-state index in [2.05, 4.69) is 22.0 Å². The van der Waals surface area contributed by atoms with Crippen molar-refractivity contribution in [2.45, 2.75) is 50.5 Å². The van der Waals surface area contributed by atoms with Crippen molar-refractivity contribution in [1.29, 1.82) is 0 Å². The third-order valence-corrected chi connectivity index (χ3v) is 7.37. The van der Waals surface area contributed by atoms with Crippen LogP contribution in [0.3, 0.4) is 0 Å². The summed E-state index contributed by atoms with van der Waals surface area (Å²) in [7, 11) is 0. The molecule has 2 amide bonds. The molecule has 3 rings (SSSR count). The topological polar surface area (TPSA) is 96.6 Å². The molecule has 1 aromatic carbocycles. The molecule has 0 unspecified atom stereocenters. The number of likely N-dealkylation sites (tertiary alicyclic amines) is 1. The summed E-state index contributed by atoms with van der Waals surface area (Å²) in [5, 5.41) is 0. The van der Waals surface area contributed by atoms with E-state index in [1.165, 1.54) is 11.8 Å². The highest BCUT2D eigenvalue weighted by Gasteiger charge is 2.38. The summed E-state index contributed by atoms with van der Waals surface area (Å²) in [4.78, 5) is 45.0. The first-order chi connectivity index (χ1) is 17.7. The second-order valence-electron chi connectivity index (χ2n) is 8.98. The van der Waals surface area contributed by atoms with Crippen LogP contribution >= 0.6 is 11.8 Å². The van der Waals surface area contributed by atoms with Crippen LogP contribution in [-0.4, -0.2) is 75.2 Å². The highest BCUT2D eigenvalue weighted by molar-refractivity contribution is 7.99. The Morgan fingerprint density at radius 2 is 1.81 bits per heavy atom. The van der Waals surface area contributed by atoms with Crippen LogP contribution in [-0.2, 0) is 16.1 Å². The Balaban J connectivity index is 1.67. The van der Waals surface area contributed by atoms with Crippen molar-refractivity contribution in [1.82, 2.24) is 14.8 Å². The molecule has 1 fully saturated rings. The summed E-state index contributed by atoms with van der Waals surface area (Å²) in [6.07, 6.45) is -0.0451. The van der Waals surface area contributed by atoms with E-state index >= 15 is 0 Å². The predicted octanol–water partition coefficient (Wildman–Crippen LogP) is 3.69. The lowest BCUT2D eigenvalue weighted by molar-refractivity contribution is -0.167. The molecular formula is C26H31F3N4O3S. The number of nitrogens with two attached hydrogens (primary N) is 1. The van der Waals surface area contributed by atoms with Crippen LogP contribution in [0.1, 0.15) is 41.6 Å². The molecule has 1 atom stereocenters. The maximum atomic E-state index is 13.5. The smallest absolute Gasteiger partial charge is 0.368 e. The lowest BCUT2D eigenvalue weighted by Crippen LogP contribution is -2.55. The van der Waals surface area contributed by atoms with E-state index in [0.717, 1.165) is 31.4 Å². The molecule has 7 nitrogen and oxygen atoms in total. The Morgan fingerprint density at radius 3 is 2.41 bits per heavy atom. The van der Waals surface area contributed by atoms with Crippen LogP contribution in [0.4, 0.5) is 13.2 Å².